The molecule has 5 nitrogen and oxygen atoms in total. The minimum atomic E-state index is -0.348. The molecule has 0 saturated carbocycles. The summed E-state index contributed by atoms with van der Waals surface area (Å²) < 4.78 is 13.0. The van der Waals surface area contributed by atoms with E-state index in [0.717, 1.165) is 0 Å². The van der Waals surface area contributed by atoms with E-state index in [9.17, 15) is 9.18 Å². The molecule has 98 valence electrons. The molecule has 0 fully saturated rings. The number of halogens is 1. The lowest BCUT2D eigenvalue weighted by molar-refractivity contribution is 0.0945. The highest BCUT2D eigenvalue weighted by Gasteiger charge is 2.07. The quantitative estimate of drug-likeness (QED) is 0.876. The molecular formula is C13H13FN4O. The van der Waals surface area contributed by atoms with Crippen LogP contribution in [0.5, 0.6) is 0 Å². The van der Waals surface area contributed by atoms with Crippen LogP contribution in [-0.2, 0) is 6.54 Å². The fraction of sp³-hybridized carbons (Fsp3) is 0.154. The van der Waals surface area contributed by atoms with Crippen molar-refractivity contribution in [1.82, 2.24) is 15.5 Å². The number of nitrogens with one attached hydrogen (secondary N) is 2. The maximum absolute atomic E-state index is 13.0. The van der Waals surface area contributed by atoms with Crippen LogP contribution in [0.1, 0.15) is 16.1 Å². The zero-order chi connectivity index (χ0) is 13.7. The summed E-state index contributed by atoms with van der Waals surface area (Å²) in [6.07, 6.45) is 0. The van der Waals surface area contributed by atoms with Crippen molar-refractivity contribution in [3.8, 4) is 0 Å². The Balaban J connectivity index is 1.97. The first-order valence-electron chi connectivity index (χ1n) is 5.73. The Kier molecular flexibility index (Phi) is 4.02. The van der Waals surface area contributed by atoms with Gasteiger partial charge in [0.15, 0.2) is 5.69 Å². The number of aromatic nitrogens is 2. The van der Waals surface area contributed by atoms with Gasteiger partial charge in [0.1, 0.15) is 11.6 Å². The van der Waals surface area contributed by atoms with Gasteiger partial charge in [-0.3, -0.25) is 4.79 Å². The van der Waals surface area contributed by atoms with Crippen LogP contribution in [0.25, 0.3) is 0 Å². The van der Waals surface area contributed by atoms with E-state index in [-0.39, 0.29) is 24.0 Å². The third-order valence-corrected chi connectivity index (χ3v) is 2.50. The Bertz CT molecular complexity index is 571. The molecule has 1 heterocycles. The number of carbonyl (C=O) groups is 1. The summed E-state index contributed by atoms with van der Waals surface area (Å²) in [7, 11) is 1.72. The fourth-order valence-electron chi connectivity index (χ4n) is 1.51. The largest absolute Gasteiger partial charge is 0.372 e. The first-order valence-corrected chi connectivity index (χ1v) is 5.73. The molecule has 0 aliphatic rings. The Morgan fingerprint density at radius 1 is 1.26 bits per heavy atom. The van der Waals surface area contributed by atoms with E-state index in [2.05, 4.69) is 20.8 Å². The van der Waals surface area contributed by atoms with Gasteiger partial charge in [-0.2, -0.15) is 0 Å². The van der Waals surface area contributed by atoms with Gasteiger partial charge in [0.25, 0.3) is 5.91 Å². The van der Waals surface area contributed by atoms with Crippen molar-refractivity contribution in [2.24, 2.45) is 0 Å². The number of hydrogen-bond acceptors (Lipinski definition) is 4. The standard InChI is InChI=1S/C13H13FN4O/c1-15-12-6-5-11(17-18-12)13(19)16-8-9-3-2-4-10(14)7-9/h2-7H,8H2,1H3,(H,15,18)(H,16,19). The van der Waals surface area contributed by atoms with E-state index < -0.39 is 0 Å². The molecule has 19 heavy (non-hydrogen) atoms. The molecular weight excluding hydrogens is 247 g/mol. The van der Waals surface area contributed by atoms with Crippen molar-refractivity contribution in [2.75, 3.05) is 12.4 Å². The van der Waals surface area contributed by atoms with Crippen LogP contribution in [0.15, 0.2) is 36.4 Å². The molecule has 1 aromatic heterocycles. The van der Waals surface area contributed by atoms with E-state index in [1.54, 1.807) is 31.3 Å². The summed E-state index contributed by atoms with van der Waals surface area (Å²) in [5.41, 5.74) is 0.906. The highest BCUT2D eigenvalue weighted by Crippen LogP contribution is 2.04. The molecule has 0 aliphatic heterocycles. The van der Waals surface area contributed by atoms with Crippen LogP contribution in [-0.4, -0.2) is 23.2 Å². The van der Waals surface area contributed by atoms with Gasteiger partial charge in [-0.05, 0) is 29.8 Å². The van der Waals surface area contributed by atoms with E-state index in [4.69, 9.17) is 0 Å². The van der Waals surface area contributed by atoms with Gasteiger partial charge in [-0.15, -0.1) is 10.2 Å². The molecule has 6 heteroatoms. The smallest absolute Gasteiger partial charge is 0.272 e. The lowest BCUT2D eigenvalue weighted by Crippen LogP contribution is -2.24. The van der Waals surface area contributed by atoms with Gasteiger partial charge in [0, 0.05) is 13.6 Å². The normalized spacial score (nSPS) is 10.0. The maximum atomic E-state index is 13.0. The van der Waals surface area contributed by atoms with E-state index in [1.165, 1.54) is 12.1 Å². The average molecular weight is 260 g/mol. The first-order chi connectivity index (χ1) is 9.19. The molecule has 0 bridgehead atoms. The molecule has 0 spiro atoms. The zero-order valence-electron chi connectivity index (χ0n) is 10.4. The summed E-state index contributed by atoms with van der Waals surface area (Å²) in [6, 6.07) is 9.28. The van der Waals surface area contributed by atoms with Crippen molar-refractivity contribution in [3.63, 3.8) is 0 Å². The molecule has 0 saturated heterocycles. The van der Waals surface area contributed by atoms with E-state index in [0.29, 0.717) is 11.4 Å². The summed E-state index contributed by atoms with van der Waals surface area (Å²) in [5.74, 6) is -0.0917. The van der Waals surface area contributed by atoms with Crippen molar-refractivity contribution in [1.29, 1.82) is 0 Å². The SMILES string of the molecule is CNc1ccc(C(=O)NCc2cccc(F)c2)nn1. The highest BCUT2D eigenvalue weighted by atomic mass is 19.1. The predicted molar refractivity (Wildman–Crippen MR) is 69.1 cm³/mol. The van der Waals surface area contributed by atoms with Gasteiger partial charge < -0.3 is 10.6 Å². The van der Waals surface area contributed by atoms with E-state index in [1.807, 2.05) is 0 Å². The van der Waals surface area contributed by atoms with E-state index >= 15 is 0 Å². The van der Waals surface area contributed by atoms with Gasteiger partial charge in [0.05, 0.1) is 0 Å². The summed E-state index contributed by atoms with van der Waals surface area (Å²) in [5, 5.41) is 13.0. The monoisotopic (exact) mass is 260 g/mol. The second-order valence-corrected chi connectivity index (χ2v) is 3.87. The average Bonchev–Trinajstić information content (AvgIpc) is 2.45. The Morgan fingerprint density at radius 2 is 2.11 bits per heavy atom. The fourth-order valence-corrected chi connectivity index (χ4v) is 1.51. The molecule has 0 unspecified atom stereocenters. The van der Waals surface area contributed by atoms with Crippen LogP contribution in [0.3, 0.4) is 0 Å². The maximum Gasteiger partial charge on any atom is 0.272 e. The second kappa shape index (κ2) is 5.90. The molecule has 0 atom stereocenters. The number of nitrogens with zero attached hydrogens (tertiary/aromatic N) is 2. The minimum Gasteiger partial charge on any atom is -0.372 e. The van der Waals surface area contributed by atoms with Gasteiger partial charge >= 0.3 is 0 Å². The number of hydrogen-bond donors (Lipinski definition) is 2. The number of benzene rings is 1. The van der Waals surface area contributed by atoms with Crippen LogP contribution >= 0.6 is 0 Å². The van der Waals surface area contributed by atoms with Gasteiger partial charge in [0.2, 0.25) is 0 Å². The number of carbonyl (C=O) groups excluding carboxylic acids is 1. The molecule has 0 aliphatic carbocycles. The van der Waals surface area contributed by atoms with Crippen molar-refractivity contribution >= 4 is 11.7 Å². The lowest BCUT2D eigenvalue weighted by atomic mass is 10.2. The van der Waals surface area contributed by atoms with Crippen LogP contribution in [0, 0.1) is 5.82 Å². The summed E-state index contributed by atoms with van der Waals surface area (Å²) in [4.78, 5) is 11.8. The first kappa shape index (κ1) is 12.9. The third kappa shape index (κ3) is 3.48. The number of anilines is 1. The Hall–Kier alpha value is -2.50. The Morgan fingerprint density at radius 3 is 2.74 bits per heavy atom. The number of amides is 1. The van der Waals surface area contributed by atoms with Gasteiger partial charge in [-0.25, -0.2) is 4.39 Å². The topological polar surface area (TPSA) is 66.9 Å². The van der Waals surface area contributed by atoms with Crippen molar-refractivity contribution < 1.29 is 9.18 Å². The molecule has 1 aromatic carbocycles. The van der Waals surface area contributed by atoms with Crippen molar-refractivity contribution in [2.45, 2.75) is 6.54 Å². The molecule has 2 rings (SSSR count). The Labute approximate surface area is 109 Å². The summed E-state index contributed by atoms with van der Waals surface area (Å²) in [6.45, 7) is 0.242. The van der Waals surface area contributed by atoms with Crippen LogP contribution in [0.2, 0.25) is 0 Å². The lowest BCUT2D eigenvalue weighted by Gasteiger charge is -2.05. The van der Waals surface area contributed by atoms with Crippen molar-refractivity contribution in [3.05, 3.63) is 53.5 Å². The summed E-state index contributed by atoms with van der Waals surface area (Å²) >= 11 is 0. The molecule has 2 aromatic rings. The third-order valence-electron chi connectivity index (χ3n) is 2.50. The second-order valence-electron chi connectivity index (χ2n) is 3.87. The number of rotatable bonds is 4. The molecule has 1 amide bonds. The zero-order valence-corrected chi connectivity index (χ0v) is 10.4. The predicted octanol–water partition coefficient (Wildman–Crippen LogP) is 1.59. The molecule has 2 N–H and O–H groups in total. The van der Waals surface area contributed by atoms with Crippen LogP contribution in [0.4, 0.5) is 10.2 Å². The molecule has 0 radical (unpaired) electrons. The van der Waals surface area contributed by atoms with Gasteiger partial charge in [-0.1, -0.05) is 12.1 Å². The highest BCUT2D eigenvalue weighted by molar-refractivity contribution is 5.92. The van der Waals surface area contributed by atoms with Crippen LogP contribution < -0.4 is 10.6 Å². The minimum absolute atomic E-state index is 0.218.